The fraction of sp³-hybridized carbons (Fsp3) is 0.0909. The topological polar surface area (TPSA) is 79.4 Å². The monoisotopic (exact) mass is 226 g/mol. The second-order valence-electron chi connectivity index (χ2n) is 3.58. The number of hydrogen-bond donors (Lipinski definition) is 2. The Hall–Kier alpha value is -2.50. The molecule has 3 rings (SSSR count). The Bertz CT molecular complexity index is 613. The number of pyridine rings is 1. The van der Waals surface area contributed by atoms with Crippen LogP contribution in [-0.2, 0) is 6.54 Å². The van der Waals surface area contributed by atoms with Crippen molar-refractivity contribution in [3.63, 3.8) is 0 Å². The van der Waals surface area contributed by atoms with E-state index in [4.69, 9.17) is 0 Å². The van der Waals surface area contributed by atoms with Crippen LogP contribution in [0.5, 0.6) is 0 Å². The van der Waals surface area contributed by atoms with Crippen molar-refractivity contribution in [3.8, 4) is 0 Å². The number of hydrogen-bond acceptors (Lipinski definition) is 5. The van der Waals surface area contributed by atoms with Crippen molar-refractivity contribution < 1.29 is 0 Å². The van der Waals surface area contributed by atoms with Crippen molar-refractivity contribution in [2.45, 2.75) is 6.54 Å². The average molecular weight is 226 g/mol. The summed E-state index contributed by atoms with van der Waals surface area (Å²) in [4.78, 5) is 4.31. The molecule has 0 radical (unpaired) electrons. The van der Waals surface area contributed by atoms with Crippen LogP contribution in [0.4, 0.5) is 5.95 Å². The van der Waals surface area contributed by atoms with Crippen LogP contribution in [0, 0.1) is 0 Å². The van der Waals surface area contributed by atoms with E-state index in [0.717, 1.165) is 16.5 Å². The number of aromatic amines is 1. The van der Waals surface area contributed by atoms with Gasteiger partial charge in [-0.2, -0.15) is 5.21 Å². The quantitative estimate of drug-likeness (QED) is 0.705. The second kappa shape index (κ2) is 4.17. The van der Waals surface area contributed by atoms with Gasteiger partial charge in [-0.25, -0.2) is 0 Å². The SMILES string of the molecule is c1ccc2c(CNc3nn[nH]n3)ccnc2c1. The molecule has 0 aliphatic carbocycles. The van der Waals surface area contributed by atoms with Crippen LogP contribution in [0.2, 0.25) is 0 Å². The number of aromatic nitrogens is 5. The third-order valence-electron chi connectivity index (χ3n) is 2.52. The molecule has 6 heteroatoms. The summed E-state index contributed by atoms with van der Waals surface area (Å²) in [5, 5.41) is 17.8. The van der Waals surface area contributed by atoms with Gasteiger partial charge in [-0.05, 0) is 22.9 Å². The molecule has 0 saturated heterocycles. The zero-order valence-electron chi connectivity index (χ0n) is 8.96. The van der Waals surface area contributed by atoms with Crippen LogP contribution in [-0.4, -0.2) is 25.6 Å². The third kappa shape index (κ3) is 1.92. The molecular formula is C11H10N6. The van der Waals surface area contributed by atoms with E-state index in [1.807, 2.05) is 24.3 Å². The average Bonchev–Trinajstić information content (AvgIpc) is 2.89. The second-order valence-corrected chi connectivity index (χ2v) is 3.58. The first kappa shape index (κ1) is 9.71. The highest BCUT2D eigenvalue weighted by atomic mass is 15.5. The molecular weight excluding hydrogens is 216 g/mol. The van der Waals surface area contributed by atoms with Crippen LogP contribution in [0.15, 0.2) is 36.5 Å². The summed E-state index contributed by atoms with van der Waals surface area (Å²) in [6, 6.07) is 10.0. The third-order valence-corrected chi connectivity index (χ3v) is 2.52. The molecule has 0 atom stereocenters. The van der Waals surface area contributed by atoms with E-state index in [2.05, 4.69) is 37.0 Å². The largest absolute Gasteiger partial charge is 0.347 e. The Morgan fingerprint density at radius 1 is 1.18 bits per heavy atom. The van der Waals surface area contributed by atoms with Crippen LogP contribution in [0.3, 0.4) is 0 Å². The zero-order valence-corrected chi connectivity index (χ0v) is 8.96. The zero-order chi connectivity index (χ0) is 11.5. The number of nitrogens with zero attached hydrogens (tertiary/aromatic N) is 4. The summed E-state index contributed by atoms with van der Waals surface area (Å²) >= 11 is 0. The minimum Gasteiger partial charge on any atom is -0.347 e. The molecule has 3 aromatic rings. The van der Waals surface area contributed by atoms with Crippen molar-refractivity contribution in [2.75, 3.05) is 5.32 Å². The summed E-state index contributed by atoms with van der Waals surface area (Å²) in [5.74, 6) is 0.492. The molecule has 0 bridgehead atoms. The fourth-order valence-electron chi connectivity index (χ4n) is 1.72. The Morgan fingerprint density at radius 2 is 2.12 bits per heavy atom. The molecule has 2 aromatic heterocycles. The first-order chi connectivity index (χ1) is 8.43. The Labute approximate surface area is 97.1 Å². The van der Waals surface area contributed by atoms with Gasteiger partial charge < -0.3 is 5.32 Å². The number of benzene rings is 1. The van der Waals surface area contributed by atoms with E-state index >= 15 is 0 Å². The molecule has 84 valence electrons. The maximum absolute atomic E-state index is 4.31. The van der Waals surface area contributed by atoms with Gasteiger partial charge in [0, 0.05) is 18.1 Å². The van der Waals surface area contributed by atoms with E-state index < -0.39 is 0 Å². The highest BCUT2D eigenvalue weighted by Gasteiger charge is 2.02. The Balaban J connectivity index is 1.90. The van der Waals surface area contributed by atoms with Gasteiger partial charge in [0.15, 0.2) is 0 Å². The summed E-state index contributed by atoms with van der Waals surface area (Å²) < 4.78 is 0. The lowest BCUT2D eigenvalue weighted by atomic mass is 10.1. The van der Waals surface area contributed by atoms with Gasteiger partial charge in [-0.1, -0.05) is 23.3 Å². The molecule has 0 unspecified atom stereocenters. The molecule has 6 nitrogen and oxygen atoms in total. The van der Waals surface area contributed by atoms with Crippen molar-refractivity contribution in [3.05, 3.63) is 42.1 Å². The van der Waals surface area contributed by atoms with Gasteiger partial charge >= 0.3 is 0 Å². The Kier molecular flexibility index (Phi) is 2.38. The van der Waals surface area contributed by atoms with Crippen LogP contribution in [0.1, 0.15) is 5.56 Å². The van der Waals surface area contributed by atoms with Gasteiger partial charge in [0.25, 0.3) is 5.95 Å². The van der Waals surface area contributed by atoms with Crippen LogP contribution in [0.25, 0.3) is 10.9 Å². The predicted molar refractivity (Wildman–Crippen MR) is 63.2 cm³/mol. The van der Waals surface area contributed by atoms with Crippen molar-refractivity contribution >= 4 is 16.9 Å². The maximum atomic E-state index is 4.31. The lowest BCUT2D eigenvalue weighted by molar-refractivity contribution is 0.881. The first-order valence-electron chi connectivity index (χ1n) is 5.23. The molecule has 1 aromatic carbocycles. The Morgan fingerprint density at radius 3 is 3.00 bits per heavy atom. The minimum absolute atomic E-state index is 0.492. The molecule has 0 spiro atoms. The van der Waals surface area contributed by atoms with E-state index in [1.54, 1.807) is 6.20 Å². The molecule has 0 saturated carbocycles. The number of anilines is 1. The molecule has 2 N–H and O–H groups in total. The van der Waals surface area contributed by atoms with E-state index in [9.17, 15) is 0 Å². The van der Waals surface area contributed by atoms with E-state index in [-0.39, 0.29) is 0 Å². The summed E-state index contributed by atoms with van der Waals surface area (Å²) in [5.41, 5.74) is 2.14. The summed E-state index contributed by atoms with van der Waals surface area (Å²) in [7, 11) is 0. The first-order valence-corrected chi connectivity index (χ1v) is 5.23. The number of rotatable bonds is 3. The number of tetrazole rings is 1. The number of H-pyrrole nitrogens is 1. The molecule has 2 heterocycles. The summed E-state index contributed by atoms with van der Waals surface area (Å²) in [6.45, 7) is 0.641. The van der Waals surface area contributed by atoms with Gasteiger partial charge in [0.1, 0.15) is 0 Å². The predicted octanol–water partition coefficient (Wildman–Crippen LogP) is 1.36. The highest BCUT2D eigenvalue weighted by Crippen LogP contribution is 2.16. The van der Waals surface area contributed by atoms with Crippen molar-refractivity contribution in [1.82, 2.24) is 25.6 Å². The molecule has 0 aliphatic heterocycles. The van der Waals surface area contributed by atoms with Gasteiger partial charge in [-0.15, -0.1) is 5.10 Å². The van der Waals surface area contributed by atoms with Crippen molar-refractivity contribution in [1.29, 1.82) is 0 Å². The van der Waals surface area contributed by atoms with Crippen LogP contribution < -0.4 is 5.32 Å². The van der Waals surface area contributed by atoms with Crippen molar-refractivity contribution in [2.24, 2.45) is 0 Å². The molecule has 0 fully saturated rings. The van der Waals surface area contributed by atoms with Gasteiger partial charge in [0.2, 0.25) is 0 Å². The van der Waals surface area contributed by atoms with E-state index in [1.165, 1.54) is 0 Å². The maximum Gasteiger partial charge on any atom is 0.263 e. The van der Waals surface area contributed by atoms with E-state index in [0.29, 0.717) is 12.5 Å². The number of fused-ring (bicyclic) bond motifs is 1. The van der Waals surface area contributed by atoms with Gasteiger partial charge in [0.05, 0.1) is 5.52 Å². The molecule has 0 amide bonds. The summed E-state index contributed by atoms with van der Waals surface area (Å²) in [6.07, 6.45) is 1.80. The van der Waals surface area contributed by atoms with Gasteiger partial charge in [-0.3, -0.25) is 4.98 Å². The molecule has 17 heavy (non-hydrogen) atoms. The lowest BCUT2D eigenvalue weighted by Crippen LogP contribution is -2.02. The molecule has 0 aliphatic rings. The highest BCUT2D eigenvalue weighted by molar-refractivity contribution is 5.81. The normalized spacial score (nSPS) is 10.6. The minimum atomic E-state index is 0.492. The van der Waals surface area contributed by atoms with Crippen LogP contribution >= 0.6 is 0 Å². The standard InChI is InChI=1S/C11H10N6/c1-2-4-10-9(3-1)8(5-6-12-10)7-13-11-14-16-17-15-11/h1-6H,7H2,(H2,13,14,15,16,17). The fourth-order valence-corrected chi connectivity index (χ4v) is 1.72. The number of nitrogens with one attached hydrogen (secondary N) is 2. The smallest absolute Gasteiger partial charge is 0.263 e. The lowest BCUT2D eigenvalue weighted by Gasteiger charge is -2.05. The number of para-hydroxylation sites is 1.